The molecule has 0 aliphatic carbocycles. The van der Waals surface area contributed by atoms with E-state index in [0.717, 1.165) is 24.0 Å². The second-order valence-electron chi connectivity index (χ2n) is 5.75. The Balaban J connectivity index is 2.11. The summed E-state index contributed by atoms with van der Waals surface area (Å²) >= 11 is 0. The van der Waals surface area contributed by atoms with Gasteiger partial charge in [-0.15, -0.1) is 0 Å². The first-order valence-corrected chi connectivity index (χ1v) is 6.82. The molecule has 5 nitrogen and oxygen atoms in total. The van der Waals surface area contributed by atoms with Crippen molar-refractivity contribution < 1.29 is 4.79 Å². The second kappa shape index (κ2) is 5.25. The van der Waals surface area contributed by atoms with Crippen LogP contribution in [0.5, 0.6) is 0 Å². The highest BCUT2D eigenvalue weighted by Crippen LogP contribution is 2.19. The SMILES string of the molecule is Cc1cc2ncn(CCCC(C)(N)C(N)=O)c2cc1C. The van der Waals surface area contributed by atoms with E-state index in [9.17, 15) is 4.79 Å². The molecule has 108 valence electrons. The molecule has 0 saturated carbocycles. The number of carbonyl (C=O) groups is 1. The molecule has 0 radical (unpaired) electrons. The van der Waals surface area contributed by atoms with Crippen LogP contribution in [0.1, 0.15) is 30.9 Å². The third kappa shape index (κ3) is 2.82. The fraction of sp³-hybridized carbons (Fsp3) is 0.467. The molecule has 20 heavy (non-hydrogen) atoms. The van der Waals surface area contributed by atoms with Gasteiger partial charge in [-0.1, -0.05) is 0 Å². The third-order valence-corrected chi connectivity index (χ3v) is 3.89. The number of primary amides is 1. The predicted molar refractivity (Wildman–Crippen MR) is 80.2 cm³/mol. The fourth-order valence-corrected chi connectivity index (χ4v) is 2.23. The van der Waals surface area contributed by atoms with Crippen LogP contribution < -0.4 is 11.5 Å². The van der Waals surface area contributed by atoms with Gasteiger partial charge >= 0.3 is 0 Å². The first-order valence-electron chi connectivity index (χ1n) is 6.82. The van der Waals surface area contributed by atoms with Gasteiger partial charge in [0.1, 0.15) is 0 Å². The standard InChI is InChI=1S/C15H22N4O/c1-10-7-12-13(8-11(10)2)19(9-18-12)6-4-5-15(3,17)14(16)20/h7-9H,4-6,17H2,1-3H3,(H2,16,20). The maximum absolute atomic E-state index is 11.2. The maximum atomic E-state index is 11.2. The predicted octanol–water partition coefficient (Wildman–Crippen LogP) is 1.64. The average Bonchev–Trinajstić information content (AvgIpc) is 2.72. The van der Waals surface area contributed by atoms with Gasteiger partial charge in [-0.05, 0) is 56.9 Å². The summed E-state index contributed by atoms with van der Waals surface area (Å²) in [6.45, 7) is 6.63. The first kappa shape index (κ1) is 14.5. The van der Waals surface area contributed by atoms with E-state index in [1.807, 2.05) is 6.33 Å². The highest BCUT2D eigenvalue weighted by Gasteiger charge is 2.24. The van der Waals surface area contributed by atoms with Crippen LogP contribution in [0, 0.1) is 13.8 Å². The lowest BCUT2D eigenvalue weighted by Crippen LogP contribution is -2.49. The highest BCUT2D eigenvalue weighted by molar-refractivity contribution is 5.83. The Hall–Kier alpha value is -1.88. The Kier molecular flexibility index (Phi) is 3.81. The summed E-state index contributed by atoms with van der Waals surface area (Å²) in [4.78, 5) is 15.6. The van der Waals surface area contributed by atoms with Gasteiger partial charge < -0.3 is 16.0 Å². The van der Waals surface area contributed by atoms with E-state index in [2.05, 4.69) is 35.5 Å². The molecule has 2 rings (SSSR count). The number of hydrogen-bond donors (Lipinski definition) is 2. The molecule has 0 fully saturated rings. The van der Waals surface area contributed by atoms with Gasteiger partial charge in [0.25, 0.3) is 0 Å². The second-order valence-corrected chi connectivity index (χ2v) is 5.75. The molecule has 0 saturated heterocycles. The lowest BCUT2D eigenvalue weighted by molar-refractivity contribution is -0.122. The minimum Gasteiger partial charge on any atom is -0.368 e. The van der Waals surface area contributed by atoms with Crippen molar-refractivity contribution in [3.05, 3.63) is 29.6 Å². The summed E-state index contributed by atoms with van der Waals surface area (Å²) in [6, 6.07) is 4.24. The lowest BCUT2D eigenvalue weighted by atomic mass is 9.96. The maximum Gasteiger partial charge on any atom is 0.237 e. The van der Waals surface area contributed by atoms with Gasteiger partial charge in [0.05, 0.1) is 22.9 Å². The van der Waals surface area contributed by atoms with E-state index in [1.165, 1.54) is 11.1 Å². The molecule has 4 N–H and O–H groups in total. The number of fused-ring (bicyclic) bond motifs is 1. The molecule has 0 spiro atoms. The molecular weight excluding hydrogens is 252 g/mol. The minimum absolute atomic E-state index is 0.459. The molecule has 1 unspecified atom stereocenters. The number of amides is 1. The van der Waals surface area contributed by atoms with E-state index in [4.69, 9.17) is 11.5 Å². The first-order chi connectivity index (χ1) is 9.31. The summed E-state index contributed by atoms with van der Waals surface area (Å²) in [7, 11) is 0. The molecule has 1 atom stereocenters. The lowest BCUT2D eigenvalue weighted by Gasteiger charge is -2.20. The van der Waals surface area contributed by atoms with E-state index in [0.29, 0.717) is 6.42 Å². The summed E-state index contributed by atoms with van der Waals surface area (Å²) in [6.07, 6.45) is 3.18. The smallest absolute Gasteiger partial charge is 0.237 e. The Labute approximate surface area is 119 Å². The van der Waals surface area contributed by atoms with Crippen LogP contribution in [0.2, 0.25) is 0 Å². The van der Waals surface area contributed by atoms with Gasteiger partial charge in [-0.25, -0.2) is 4.98 Å². The monoisotopic (exact) mass is 274 g/mol. The van der Waals surface area contributed by atoms with Gasteiger partial charge in [0, 0.05) is 6.54 Å². The molecule has 0 aliphatic rings. The molecule has 0 aliphatic heterocycles. The van der Waals surface area contributed by atoms with Crippen molar-refractivity contribution in [3.63, 3.8) is 0 Å². The number of aromatic nitrogens is 2. The van der Waals surface area contributed by atoms with E-state index < -0.39 is 11.4 Å². The Morgan fingerprint density at radius 3 is 2.65 bits per heavy atom. The van der Waals surface area contributed by atoms with Crippen molar-refractivity contribution in [1.82, 2.24) is 9.55 Å². The molecule has 1 heterocycles. The van der Waals surface area contributed by atoms with Crippen LogP contribution in [0.3, 0.4) is 0 Å². The number of carbonyl (C=O) groups excluding carboxylic acids is 1. The van der Waals surface area contributed by atoms with Crippen LogP contribution in [-0.4, -0.2) is 21.0 Å². The zero-order valence-electron chi connectivity index (χ0n) is 12.3. The quantitative estimate of drug-likeness (QED) is 0.868. The molecular formula is C15H22N4O. The van der Waals surface area contributed by atoms with Crippen LogP contribution in [0.4, 0.5) is 0 Å². The van der Waals surface area contributed by atoms with E-state index in [-0.39, 0.29) is 0 Å². The summed E-state index contributed by atoms with van der Waals surface area (Å²) in [5.74, 6) is -0.459. The molecule has 5 heteroatoms. The minimum atomic E-state index is -0.942. The average molecular weight is 274 g/mol. The number of rotatable bonds is 5. The topological polar surface area (TPSA) is 86.9 Å². The fourth-order valence-electron chi connectivity index (χ4n) is 2.23. The van der Waals surface area contributed by atoms with Crippen molar-refractivity contribution in [2.75, 3.05) is 0 Å². The van der Waals surface area contributed by atoms with Gasteiger partial charge in [0.15, 0.2) is 0 Å². The number of nitrogens with two attached hydrogens (primary N) is 2. The van der Waals surface area contributed by atoms with E-state index >= 15 is 0 Å². The summed E-state index contributed by atoms with van der Waals surface area (Å²) < 4.78 is 2.10. The van der Waals surface area contributed by atoms with Gasteiger partial charge in [-0.2, -0.15) is 0 Å². The molecule has 1 aromatic carbocycles. The van der Waals surface area contributed by atoms with Crippen LogP contribution in [0.25, 0.3) is 11.0 Å². The zero-order valence-corrected chi connectivity index (χ0v) is 12.3. The van der Waals surface area contributed by atoms with Crippen molar-refractivity contribution in [3.8, 4) is 0 Å². The van der Waals surface area contributed by atoms with Crippen LogP contribution in [-0.2, 0) is 11.3 Å². The Morgan fingerprint density at radius 1 is 1.35 bits per heavy atom. The van der Waals surface area contributed by atoms with Gasteiger partial charge in [-0.3, -0.25) is 4.79 Å². The zero-order chi connectivity index (χ0) is 14.9. The molecule has 0 bridgehead atoms. The molecule has 1 aromatic heterocycles. The number of hydrogen-bond acceptors (Lipinski definition) is 3. The van der Waals surface area contributed by atoms with Crippen molar-refractivity contribution >= 4 is 16.9 Å². The Bertz CT molecular complexity index is 643. The normalized spacial score (nSPS) is 14.4. The van der Waals surface area contributed by atoms with Crippen molar-refractivity contribution in [2.45, 2.75) is 45.7 Å². The largest absolute Gasteiger partial charge is 0.368 e. The number of aryl methyl sites for hydroxylation is 3. The highest BCUT2D eigenvalue weighted by atomic mass is 16.1. The van der Waals surface area contributed by atoms with Crippen molar-refractivity contribution in [2.24, 2.45) is 11.5 Å². The summed E-state index contributed by atoms with van der Waals surface area (Å²) in [5, 5.41) is 0. The number of benzene rings is 1. The van der Waals surface area contributed by atoms with Crippen molar-refractivity contribution in [1.29, 1.82) is 0 Å². The third-order valence-electron chi connectivity index (χ3n) is 3.89. The summed E-state index contributed by atoms with van der Waals surface area (Å²) in [5.41, 5.74) is 14.8. The van der Waals surface area contributed by atoms with E-state index in [1.54, 1.807) is 6.92 Å². The molecule has 2 aromatic rings. The number of nitrogens with zero attached hydrogens (tertiary/aromatic N) is 2. The van der Waals surface area contributed by atoms with Crippen LogP contribution in [0.15, 0.2) is 18.5 Å². The number of imidazole rings is 1. The molecule has 1 amide bonds. The Morgan fingerprint density at radius 2 is 2.00 bits per heavy atom. The van der Waals surface area contributed by atoms with Crippen LogP contribution >= 0.6 is 0 Å². The van der Waals surface area contributed by atoms with Gasteiger partial charge in [0.2, 0.25) is 5.91 Å².